The first kappa shape index (κ1) is 15.5. The molecule has 7 heteroatoms. The van der Waals surface area contributed by atoms with Gasteiger partial charge in [0, 0.05) is 13.0 Å². The van der Waals surface area contributed by atoms with E-state index in [4.69, 9.17) is 0 Å². The van der Waals surface area contributed by atoms with Gasteiger partial charge in [0.15, 0.2) is 5.82 Å². The molecule has 1 aromatic carbocycles. The largest absolute Gasteiger partial charge is 0.416 e. The summed E-state index contributed by atoms with van der Waals surface area (Å²) in [4.78, 5) is 0. The van der Waals surface area contributed by atoms with Gasteiger partial charge in [-0.25, -0.2) is 0 Å². The Morgan fingerprint density at radius 1 is 1.10 bits per heavy atom. The van der Waals surface area contributed by atoms with E-state index in [1.54, 1.807) is 4.57 Å². The highest BCUT2D eigenvalue weighted by Crippen LogP contribution is 2.29. The predicted octanol–water partition coefficient (Wildman–Crippen LogP) is 2.79. The molecule has 0 aliphatic heterocycles. The van der Waals surface area contributed by atoms with Crippen LogP contribution in [0.3, 0.4) is 0 Å². The molecule has 1 heterocycles. The van der Waals surface area contributed by atoms with Crippen molar-refractivity contribution in [1.29, 1.82) is 0 Å². The number of hydrogen-bond acceptors (Lipinski definition) is 3. The second-order valence-electron chi connectivity index (χ2n) is 4.71. The molecule has 1 N–H and O–H groups in total. The molecule has 0 spiro atoms. The van der Waals surface area contributed by atoms with E-state index in [0.29, 0.717) is 24.6 Å². The maximum absolute atomic E-state index is 12.5. The summed E-state index contributed by atoms with van der Waals surface area (Å²) in [5, 5.41) is 17.1. The van der Waals surface area contributed by atoms with E-state index in [9.17, 15) is 18.3 Å². The summed E-state index contributed by atoms with van der Waals surface area (Å²) in [6.07, 6.45) is -3.10. The number of hydrogen-bond donors (Lipinski definition) is 1. The molecule has 0 fully saturated rings. The van der Waals surface area contributed by atoms with Crippen LogP contribution < -0.4 is 0 Å². The Morgan fingerprint density at radius 3 is 2.24 bits per heavy atom. The summed E-state index contributed by atoms with van der Waals surface area (Å²) in [5.74, 6) is 1.11. The molecular weight excluding hydrogens is 283 g/mol. The first-order chi connectivity index (χ1) is 9.95. The summed E-state index contributed by atoms with van der Waals surface area (Å²) in [5.41, 5.74) is 0.0505. The zero-order chi connectivity index (χ0) is 15.5. The molecule has 0 amide bonds. The third kappa shape index (κ3) is 3.60. The lowest BCUT2D eigenvalue weighted by Gasteiger charge is -2.09. The summed E-state index contributed by atoms with van der Waals surface area (Å²) in [6.45, 7) is 2.45. The van der Waals surface area contributed by atoms with E-state index in [1.807, 2.05) is 6.92 Å². The third-order valence-electron chi connectivity index (χ3n) is 3.14. The van der Waals surface area contributed by atoms with Crippen molar-refractivity contribution >= 4 is 0 Å². The monoisotopic (exact) mass is 299 g/mol. The number of aliphatic hydroxyl groups excluding tert-OH is 1. The Morgan fingerprint density at radius 2 is 1.71 bits per heavy atom. The SMILES string of the molecule is CCCn1c(CO)nnc1Cc1ccc(C(F)(F)F)cc1. The van der Waals surface area contributed by atoms with Crippen molar-refractivity contribution in [3.8, 4) is 0 Å². The lowest BCUT2D eigenvalue weighted by molar-refractivity contribution is -0.137. The van der Waals surface area contributed by atoms with Crippen LogP contribution in [-0.2, 0) is 25.7 Å². The molecule has 0 saturated carbocycles. The van der Waals surface area contributed by atoms with Gasteiger partial charge in [-0.3, -0.25) is 0 Å². The van der Waals surface area contributed by atoms with Gasteiger partial charge >= 0.3 is 6.18 Å². The molecule has 0 saturated heterocycles. The lowest BCUT2D eigenvalue weighted by atomic mass is 10.1. The third-order valence-corrected chi connectivity index (χ3v) is 3.14. The maximum Gasteiger partial charge on any atom is 0.416 e. The highest BCUT2D eigenvalue weighted by Gasteiger charge is 2.29. The van der Waals surface area contributed by atoms with Crippen molar-refractivity contribution in [3.63, 3.8) is 0 Å². The van der Waals surface area contributed by atoms with Crippen molar-refractivity contribution < 1.29 is 18.3 Å². The standard InChI is InChI=1S/C14H16F3N3O/c1-2-7-20-12(18-19-13(20)9-21)8-10-3-5-11(6-4-10)14(15,16)17/h3-6,21H,2,7-9H2,1H3. The van der Waals surface area contributed by atoms with Gasteiger partial charge in [-0.15, -0.1) is 10.2 Å². The van der Waals surface area contributed by atoms with Crippen LogP contribution in [-0.4, -0.2) is 19.9 Å². The van der Waals surface area contributed by atoms with Crippen molar-refractivity contribution in [2.75, 3.05) is 0 Å². The molecule has 114 valence electrons. The predicted molar refractivity (Wildman–Crippen MR) is 70.5 cm³/mol. The summed E-state index contributed by atoms with van der Waals surface area (Å²) in [7, 11) is 0. The number of benzene rings is 1. The number of halogens is 3. The van der Waals surface area contributed by atoms with E-state index in [1.165, 1.54) is 12.1 Å². The Bertz CT molecular complexity index is 591. The lowest BCUT2D eigenvalue weighted by Crippen LogP contribution is -2.09. The van der Waals surface area contributed by atoms with Crippen LogP contribution in [0.4, 0.5) is 13.2 Å². The van der Waals surface area contributed by atoms with Gasteiger partial charge in [0.25, 0.3) is 0 Å². The van der Waals surface area contributed by atoms with Crippen LogP contribution in [0.25, 0.3) is 0 Å². The van der Waals surface area contributed by atoms with Gasteiger partial charge in [-0.2, -0.15) is 13.2 Å². The minimum absolute atomic E-state index is 0.208. The second-order valence-corrected chi connectivity index (χ2v) is 4.71. The van der Waals surface area contributed by atoms with Crippen LogP contribution in [0.15, 0.2) is 24.3 Å². The number of rotatable bonds is 5. The van der Waals surface area contributed by atoms with E-state index in [0.717, 1.165) is 24.1 Å². The average molecular weight is 299 g/mol. The van der Waals surface area contributed by atoms with Gasteiger partial charge in [0.2, 0.25) is 0 Å². The summed E-state index contributed by atoms with van der Waals surface area (Å²) < 4.78 is 39.3. The zero-order valence-electron chi connectivity index (χ0n) is 11.6. The van der Waals surface area contributed by atoms with Crippen molar-refractivity contribution in [3.05, 3.63) is 47.0 Å². The first-order valence-corrected chi connectivity index (χ1v) is 6.63. The fraction of sp³-hybridized carbons (Fsp3) is 0.429. The highest BCUT2D eigenvalue weighted by atomic mass is 19.4. The molecule has 1 aromatic heterocycles. The second kappa shape index (κ2) is 6.26. The number of alkyl halides is 3. The molecule has 0 unspecified atom stereocenters. The zero-order valence-corrected chi connectivity index (χ0v) is 11.6. The van der Waals surface area contributed by atoms with Gasteiger partial charge in [0.05, 0.1) is 5.56 Å². The van der Waals surface area contributed by atoms with E-state index in [-0.39, 0.29) is 6.61 Å². The molecule has 2 aromatic rings. The molecule has 0 atom stereocenters. The normalized spacial score (nSPS) is 11.9. The topological polar surface area (TPSA) is 50.9 Å². The highest BCUT2D eigenvalue weighted by molar-refractivity contribution is 5.26. The molecule has 2 rings (SSSR count). The number of aliphatic hydroxyl groups is 1. The number of aromatic nitrogens is 3. The smallest absolute Gasteiger partial charge is 0.388 e. The Hall–Kier alpha value is -1.89. The Labute approximate surface area is 120 Å². The van der Waals surface area contributed by atoms with Gasteiger partial charge in [-0.1, -0.05) is 19.1 Å². The average Bonchev–Trinajstić information content (AvgIpc) is 2.81. The van der Waals surface area contributed by atoms with Crippen molar-refractivity contribution in [1.82, 2.24) is 14.8 Å². The molecule has 0 aliphatic rings. The fourth-order valence-electron chi connectivity index (χ4n) is 2.10. The van der Waals surface area contributed by atoms with Crippen LogP contribution in [0.5, 0.6) is 0 Å². The number of nitrogens with zero attached hydrogens (tertiary/aromatic N) is 3. The maximum atomic E-state index is 12.5. The fourth-order valence-corrected chi connectivity index (χ4v) is 2.10. The molecular formula is C14H16F3N3O. The molecule has 0 aliphatic carbocycles. The van der Waals surface area contributed by atoms with Gasteiger partial charge in [-0.05, 0) is 24.1 Å². The van der Waals surface area contributed by atoms with Crippen LogP contribution in [0.2, 0.25) is 0 Å². The summed E-state index contributed by atoms with van der Waals surface area (Å²) in [6, 6.07) is 4.99. The molecule has 4 nitrogen and oxygen atoms in total. The van der Waals surface area contributed by atoms with Gasteiger partial charge in [0.1, 0.15) is 12.4 Å². The van der Waals surface area contributed by atoms with Crippen LogP contribution >= 0.6 is 0 Å². The molecule has 0 radical (unpaired) electrons. The molecule has 21 heavy (non-hydrogen) atoms. The summed E-state index contributed by atoms with van der Waals surface area (Å²) >= 11 is 0. The Kier molecular flexibility index (Phi) is 4.62. The minimum Gasteiger partial charge on any atom is -0.388 e. The van der Waals surface area contributed by atoms with E-state index >= 15 is 0 Å². The molecule has 0 bridgehead atoms. The van der Waals surface area contributed by atoms with Crippen molar-refractivity contribution in [2.45, 2.75) is 39.1 Å². The Balaban J connectivity index is 2.20. The van der Waals surface area contributed by atoms with E-state index in [2.05, 4.69) is 10.2 Å². The minimum atomic E-state index is -4.33. The van der Waals surface area contributed by atoms with E-state index < -0.39 is 11.7 Å². The van der Waals surface area contributed by atoms with Gasteiger partial charge < -0.3 is 9.67 Å². The van der Waals surface area contributed by atoms with Crippen LogP contribution in [0.1, 0.15) is 36.1 Å². The van der Waals surface area contributed by atoms with Crippen molar-refractivity contribution in [2.24, 2.45) is 0 Å². The quantitative estimate of drug-likeness (QED) is 0.923. The first-order valence-electron chi connectivity index (χ1n) is 6.63. The van der Waals surface area contributed by atoms with Crippen LogP contribution in [0, 0.1) is 0 Å².